The lowest BCUT2D eigenvalue weighted by Gasteiger charge is -2.35. The SMILES string of the molecule is COc1cnn(C)c1C1(O)CCCC(N)C1. The summed E-state index contributed by atoms with van der Waals surface area (Å²) in [5.74, 6) is 0.638. The van der Waals surface area contributed by atoms with Crippen molar-refractivity contribution in [3.63, 3.8) is 0 Å². The zero-order valence-corrected chi connectivity index (χ0v) is 9.81. The summed E-state index contributed by atoms with van der Waals surface area (Å²) in [6.45, 7) is 0. The molecule has 2 rings (SSSR count). The molecule has 5 heteroatoms. The maximum Gasteiger partial charge on any atom is 0.162 e. The van der Waals surface area contributed by atoms with Gasteiger partial charge in [-0.1, -0.05) is 0 Å². The van der Waals surface area contributed by atoms with Crippen molar-refractivity contribution in [3.05, 3.63) is 11.9 Å². The number of aryl methyl sites for hydroxylation is 1. The molecule has 1 heterocycles. The van der Waals surface area contributed by atoms with Crippen LogP contribution in [0.3, 0.4) is 0 Å². The first-order valence-electron chi connectivity index (χ1n) is 5.61. The number of hydrogen-bond donors (Lipinski definition) is 2. The molecule has 0 aliphatic heterocycles. The molecule has 90 valence electrons. The van der Waals surface area contributed by atoms with Crippen molar-refractivity contribution in [1.82, 2.24) is 9.78 Å². The lowest BCUT2D eigenvalue weighted by molar-refractivity contribution is -0.0161. The van der Waals surface area contributed by atoms with Crippen molar-refractivity contribution in [2.45, 2.75) is 37.3 Å². The van der Waals surface area contributed by atoms with Gasteiger partial charge in [0.2, 0.25) is 0 Å². The van der Waals surface area contributed by atoms with Crippen LogP contribution in [0.2, 0.25) is 0 Å². The lowest BCUT2D eigenvalue weighted by Crippen LogP contribution is -2.40. The maximum absolute atomic E-state index is 10.7. The molecule has 3 N–H and O–H groups in total. The molecular formula is C11H19N3O2. The fourth-order valence-corrected chi connectivity index (χ4v) is 2.61. The third-order valence-electron chi connectivity index (χ3n) is 3.33. The van der Waals surface area contributed by atoms with Gasteiger partial charge in [-0.3, -0.25) is 4.68 Å². The number of methoxy groups -OCH3 is 1. The van der Waals surface area contributed by atoms with E-state index >= 15 is 0 Å². The van der Waals surface area contributed by atoms with Gasteiger partial charge in [-0.25, -0.2) is 0 Å². The summed E-state index contributed by atoms with van der Waals surface area (Å²) >= 11 is 0. The first-order chi connectivity index (χ1) is 7.57. The molecule has 0 bridgehead atoms. The first-order valence-corrected chi connectivity index (χ1v) is 5.61. The highest BCUT2D eigenvalue weighted by Gasteiger charge is 2.39. The zero-order chi connectivity index (χ0) is 11.8. The molecule has 1 fully saturated rings. The monoisotopic (exact) mass is 225 g/mol. The van der Waals surface area contributed by atoms with Gasteiger partial charge < -0.3 is 15.6 Å². The molecule has 1 aliphatic carbocycles. The standard InChI is InChI=1S/C11H19N3O2/c1-14-10(9(16-2)7-13-14)11(15)5-3-4-8(12)6-11/h7-8,15H,3-6,12H2,1-2H3. The fourth-order valence-electron chi connectivity index (χ4n) is 2.61. The lowest BCUT2D eigenvalue weighted by atomic mass is 9.79. The van der Waals surface area contributed by atoms with Crippen molar-refractivity contribution < 1.29 is 9.84 Å². The second-order valence-corrected chi connectivity index (χ2v) is 4.57. The quantitative estimate of drug-likeness (QED) is 0.769. The summed E-state index contributed by atoms with van der Waals surface area (Å²) in [7, 11) is 3.41. The van der Waals surface area contributed by atoms with E-state index < -0.39 is 5.60 Å². The van der Waals surface area contributed by atoms with E-state index in [9.17, 15) is 5.11 Å². The number of nitrogens with zero attached hydrogens (tertiary/aromatic N) is 2. The summed E-state index contributed by atoms with van der Waals surface area (Å²) < 4.78 is 6.91. The van der Waals surface area contributed by atoms with E-state index in [1.807, 2.05) is 7.05 Å². The van der Waals surface area contributed by atoms with Gasteiger partial charge in [0.05, 0.1) is 13.3 Å². The molecule has 0 aromatic carbocycles. The molecule has 5 nitrogen and oxygen atoms in total. The number of ether oxygens (including phenoxy) is 1. The number of aromatic nitrogens is 2. The average molecular weight is 225 g/mol. The molecule has 1 saturated carbocycles. The van der Waals surface area contributed by atoms with Crippen molar-refractivity contribution >= 4 is 0 Å². The van der Waals surface area contributed by atoms with E-state index in [2.05, 4.69) is 5.10 Å². The second kappa shape index (κ2) is 4.07. The van der Waals surface area contributed by atoms with Crippen molar-refractivity contribution in [2.75, 3.05) is 7.11 Å². The van der Waals surface area contributed by atoms with Crippen molar-refractivity contribution in [2.24, 2.45) is 12.8 Å². The third-order valence-corrected chi connectivity index (χ3v) is 3.33. The van der Waals surface area contributed by atoms with Gasteiger partial charge >= 0.3 is 0 Å². The molecule has 1 aromatic rings. The van der Waals surface area contributed by atoms with Gasteiger partial charge in [0.15, 0.2) is 5.75 Å². The molecule has 0 amide bonds. The molecular weight excluding hydrogens is 206 g/mol. The second-order valence-electron chi connectivity index (χ2n) is 4.57. The topological polar surface area (TPSA) is 73.3 Å². The van der Waals surface area contributed by atoms with Crippen LogP contribution in [0.4, 0.5) is 0 Å². The van der Waals surface area contributed by atoms with E-state index in [0.717, 1.165) is 25.0 Å². The van der Waals surface area contributed by atoms with Crippen LogP contribution in [0.25, 0.3) is 0 Å². The number of hydrogen-bond acceptors (Lipinski definition) is 4. The zero-order valence-electron chi connectivity index (χ0n) is 9.81. The largest absolute Gasteiger partial charge is 0.493 e. The Kier molecular flexibility index (Phi) is 2.90. The van der Waals surface area contributed by atoms with Gasteiger partial charge in [-0.05, 0) is 25.7 Å². The molecule has 0 radical (unpaired) electrons. The Morgan fingerprint density at radius 3 is 3.06 bits per heavy atom. The van der Waals surface area contributed by atoms with Gasteiger partial charge in [0.1, 0.15) is 11.3 Å². The van der Waals surface area contributed by atoms with Crippen molar-refractivity contribution in [1.29, 1.82) is 0 Å². The Hall–Kier alpha value is -1.07. The Morgan fingerprint density at radius 2 is 2.44 bits per heavy atom. The average Bonchev–Trinajstić information content (AvgIpc) is 2.59. The highest BCUT2D eigenvalue weighted by atomic mass is 16.5. The van der Waals surface area contributed by atoms with Crippen LogP contribution in [0.15, 0.2) is 6.20 Å². The van der Waals surface area contributed by atoms with Crippen LogP contribution in [-0.4, -0.2) is 28.0 Å². The predicted octanol–water partition coefficient (Wildman–Crippen LogP) is 0.518. The molecule has 0 saturated heterocycles. The minimum absolute atomic E-state index is 0.0540. The fraction of sp³-hybridized carbons (Fsp3) is 0.727. The summed E-state index contributed by atoms with van der Waals surface area (Å²) in [4.78, 5) is 0. The van der Waals surface area contributed by atoms with Crippen LogP contribution < -0.4 is 10.5 Å². The van der Waals surface area contributed by atoms with Crippen LogP contribution in [0.5, 0.6) is 5.75 Å². The number of rotatable bonds is 2. The summed E-state index contributed by atoms with van der Waals surface area (Å²) in [6, 6.07) is 0.0540. The maximum atomic E-state index is 10.7. The van der Waals surface area contributed by atoms with Crippen molar-refractivity contribution in [3.8, 4) is 5.75 Å². The Balaban J connectivity index is 2.37. The molecule has 2 atom stereocenters. The van der Waals surface area contributed by atoms with E-state index in [-0.39, 0.29) is 6.04 Å². The highest BCUT2D eigenvalue weighted by molar-refractivity contribution is 5.31. The normalized spacial score (nSPS) is 30.4. The van der Waals surface area contributed by atoms with E-state index in [0.29, 0.717) is 12.2 Å². The van der Waals surface area contributed by atoms with Crippen LogP contribution in [-0.2, 0) is 12.6 Å². The van der Waals surface area contributed by atoms with Crippen LogP contribution in [0, 0.1) is 0 Å². The molecule has 1 aromatic heterocycles. The van der Waals surface area contributed by atoms with Gasteiger partial charge in [0.25, 0.3) is 0 Å². The molecule has 16 heavy (non-hydrogen) atoms. The summed E-state index contributed by atoms with van der Waals surface area (Å²) in [5.41, 5.74) is 5.77. The Bertz CT molecular complexity index is 377. The van der Waals surface area contributed by atoms with Gasteiger partial charge in [0, 0.05) is 13.1 Å². The highest BCUT2D eigenvalue weighted by Crippen LogP contribution is 2.40. The minimum Gasteiger partial charge on any atom is -0.493 e. The third kappa shape index (κ3) is 1.81. The van der Waals surface area contributed by atoms with Crippen LogP contribution >= 0.6 is 0 Å². The number of nitrogens with two attached hydrogens (primary N) is 1. The Labute approximate surface area is 95.2 Å². The van der Waals surface area contributed by atoms with Gasteiger partial charge in [-0.15, -0.1) is 0 Å². The molecule has 1 aliphatic rings. The minimum atomic E-state index is -0.895. The summed E-state index contributed by atoms with van der Waals surface area (Å²) in [6.07, 6.45) is 4.83. The van der Waals surface area contributed by atoms with E-state index in [1.54, 1.807) is 18.0 Å². The molecule has 2 unspecified atom stereocenters. The van der Waals surface area contributed by atoms with Crippen LogP contribution in [0.1, 0.15) is 31.4 Å². The Morgan fingerprint density at radius 1 is 1.69 bits per heavy atom. The summed E-state index contributed by atoms with van der Waals surface area (Å²) in [5, 5.41) is 14.8. The number of aliphatic hydroxyl groups is 1. The van der Waals surface area contributed by atoms with E-state index in [1.165, 1.54) is 0 Å². The first kappa shape index (κ1) is 11.4. The molecule has 0 spiro atoms. The smallest absolute Gasteiger partial charge is 0.162 e. The van der Waals surface area contributed by atoms with E-state index in [4.69, 9.17) is 10.5 Å². The van der Waals surface area contributed by atoms with Gasteiger partial charge in [-0.2, -0.15) is 5.10 Å². The predicted molar refractivity (Wildman–Crippen MR) is 60.1 cm³/mol.